The van der Waals surface area contributed by atoms with Gasteiger partial charge >= 0.3 is 0 Å². The number of fused-ring (bicyclic) bond motifs is 4. The number of halogens is 1. The van der Waals surface area contributed by atoms with E-state index >= 15 is 0 Å². The van der Waals surface area contributed by atoms with E-state index in [1.54, 1.807) is 29.5 Å². The van der Waals surface area contributed by atoms with Gasteiger partial charge in [0.1, 0.15) is 29.1 Å². The Bertz CT molecular complexity index is 2090. The summed E-state index contributed by atoms with van der Waals surface area (Å²) in [6, 6.07) is 11.0. The Kier molecular flexibility index (Phi) is 9.48. The number of carbonyl (C=O) groups is 4. The molecule has 1 fully saturated rings. The number of unbranched alkanes of at least 4 members (excludes halogenated alkanes) is 1. The number of benzene rings is 2. The quantitative estimate of drug-likeness (QED) is 0.138. The Morgan fingerprint density at radius 3 is 2.51 bits per heavy atom. The number of aliphatic hydroxyl groups is 1. The van der Waals surface area contributed by atoms with Gasteiger partial charge in [-0.05, 0) is 82.3 Å². The third kappa shape index (κ3) is 6.54. The van der Waals surface area contributed by atoms with Gasteiger partial charge in [0.25, 0.3) is 11.8 Å². The summed E-state index contributed by atoms with van der Waals surface area (Å²) in [4.78, 5) is 59.1. The molecular weight excluding hydrogens is 692 g/mol. The van der Waals surface area contributed by atoms with Gasteiger partial charge in [0.05, 0.1) is 23.3 Å². The molecule has 0 spiro atoms. The van der Waals surface area contributed by atoms with Crippen LogP contribution in [0.1, 0.15) is 92.1 Å². The van der Waals surface area contributed by atoms with E-state index in [-0.39, 0.29) is 36.3 Å². The third-order valence-corrected chi connectivity index (χ3v) is 11.0. The molecule has 3 aliphatic heterocycles. The number of carbonyl (C=O) groups excluding carboxylic acids is 4. The van der Waals surface area contributed by atoms with E-state index in [2.05, 4.69) is 40.0 Å². The fourth-order valence-electron chi connectivity index (χ4n) is 6.77. The van der Waals surface area contributed by atoms with Gasteiger partial charge in [-0.15, -0.1) is 21.5 Å². The summed E-state index contributed by atoms with van der Waals surface area (Å²) in [5.41, 5.74) is 4.99. The number of amides is 4. The van der Waals surface area contributed by atoms with Crippen molar-refractivity contribution in [2.24, 2.45) is 4.99 Å². The number of thiophene rings is 1. The van der Waals surface area contributed by atoms with Gasteiger partial charge < -0.3 is 21.1 Å². The maximum atomic E-state index is 13.3. The molecule has 1 saturated heterocycles. The second-order valence-electron chi connectivity index (χ2n) is 13.0. The van der Waals surface area contributed by atoms with Gasteiger partial charge in [-0.2, -0.15) is 0 Å². The van der Waals surface area contributed by atoms with E-state index < -0.39 is 36.0 Å². The van der Waals surface area contributed by atoms with Gasteiger partial charge in [-0.1, -0.05) is 23.7 Å². The number of hydrogen-bond acceptors (Lipinski definition) is 10. The standard InChI is InChI=1S/C36H37ClN8O5S/c1-18-19(2)51-36-30(18)31(21-6-8-22(37)9-7-21)40-26(32-43-42-20(3)44(32)36)17-29(47)39-15-5-4-14-38-23-10-11-24-25(16-23)35(50)45(34(24)49)27-12-13-28(46)41-33(27)48/h6-11,16,26-28,38,46H,4-5,12-15,17H2,1-3H3,(H,39,47)(H,41,48)/t26-,27?,28?/m0/s1. The van der Waals surface area contributed by atoms with Crippen molar-refractivity contribution >= 4 is 58.0 Å². The van der Waals surface area contributed by atoms with Crippen molar-refractivity contribution in [2.45, 2.75) is 71.2 Å². The smallest absolute Gasteiger partial charge is 0.262 e. The van der Waals surface area contributed by atoms with Crippen LogP contribution in [-0.2, 0) is 9.59 Å². The fraction of sp³-hybridized carbons (Fsp3) is 0.361. The molecule has 0 bridgehead atoms. The van der Waals surface area contributed by atoms with Crippen molar-refractivity contribution in [2.75, 3.05) is 18.4 Å². The molecule has 3 aliphatic rings. The third-order valence-electron chi connectivity index (χ3n) is 9.55. The van der Waals surface area contributed by atoms with Crippen LogP contribution in [-0.4, -0.2) is 79.5 Å². The molecule has 0 aliphatic carbocycles. The van der Waals surface area contributed by atoms with E-state index in [0.717, 1.165) is 44.5 Å². The first-order valence-corrected chi connectivity index (χ1v) is 18.1. The van der Waals surface area contributed by atoms with E-state index in [0.29, 0.717) is 36.0 Å². The highest BCUT2D eigenvalue weighted by Gasteiger charge is 2.44. The lowest BCUT2D eigenvalue weighted by Gasteiger charge is -2.31. The lowest BCUT2D eigenvalue weighted by atomic mass is 9.99. The van der Waals surface area contributed by atoms with E-state index in [1.165, 1.54) is 4.88 Å². The Morgan fingerprint density at radius 1 is 1.00 bits per heavy atom. The summed E-state index contributed by atoms with van der Waals surface area (Å²) >= 11 is 7.87. The number of aliphatic hydroxyl groups excluding tert-OH is 1. The minimum absolute atomic E-state index is 0.0996. The average molecular weight is 729 g/mol. The zero-order valence-corrected chi connectivity index (χ0v) is 29.9. The molecule has 13 nitrogen and oxygen atoms in total. The molecule has 2 unspecified atom stereocenters. The highest BCUT2D eigenvalue weighted by Crippen LogP contribution is 2.39. The van der Waals surface area contributed by atoms with Crippen LogP contribution in [0.2, 0.25) is 5.02 Å². The fourth-order valence-corrected chi connectivity index (χ4v) is 8.11. The summed E-state index contributed by atoms with van der Waals surface area (Å²) in [6.45, 7) is 7.11. The number of rotatable bonds is 10. The van der Waals surface area contributed by atoms with Gasteiger partial charge in [-0.25, -0.2) is 0 Å². The SMILES string of the molecule is Cc1sc2c(c1C)C(c1ccc(Cl)cc1)=N[C@@H](CC(=O)NCCCCNc1ccc3c(c1)C(=O)N(C1CCC(O)NC1=O)C3=O)c1nnc(C)n1-2. The zero-order chi connectivity index (χ0) is 36.0. The number of hydrogen-bond donors (Lipinski definition) is 4. The van der Waals surface area contributed by atoms with Gasteiger partial charge in [-0.3, -0.25) is 33.6 Å². The lowest BCUT2D eigenvalue weighted by molar-refractivity contribution is -0.131. The number of nitrogens with zero attached hydrogens (tertiary/aromatic N) is 5. The minimum Gasteiger partial charge on any atom is -0.385 e. The predicted molar refractivity (Wildman–Crippen MR) is 193 cm³/mol. The first kappa shape index (κ1) is 34.5. The maximum absolute atomic E-state index is 13.3. The van der Waals surface area contributed by atoms with Crippen molar-refractivity contribution in [3.05, 3.63) is 91.8 Å². The molecule has 0 saturated carbocycles. The Labute approximate surface area is 303 Å². The number of nitrogens with one attached hydrogen (secondary N) is 3. The van der Waals surface area contributed by atoms with Crippen molar-refractivity contribution in [3.8, 4) is 5.00 Å². The number of piperidine rings is 1. The number of aromatic nitrogens is 3. The average Bonchev–Trinajstić information content (AvgIpc) is 3.67. The highest BCUT2D eigenvalue weighted by molar-refractivity contribution is 7.15. The molecule has 4 N–H and O–H groups in total. The van der Waals surface area contributed by atoms with Crippen molar-refractivity contribution in [1.82, 2.24) is 30.3 Å². The minimum atomic E-state index is -0.978. The summed E-state index contributed by atoms with van der Waals surface area (Å²) in [7, 11) is 0. The number of anilines is 1. The van der Waals surface area contributed by atoms with Crippen LogP contribution in [0.3, 0.4) is 0 Å². The molecule has 4 aromatic rings. The molecule has 5 heterocycles. The summed E-state index contributed by atoms with van der Waals surface area (Å²) in [5.74, 6) is -0.376. The van der Waals surface area contributed by atoms with Crippen LogP contribution in [0.5, 0.6) is 0 Å². The van der Waals surface area contributed by atoms with Crippen LogP contribution < -0.4 is 16.0 Å². The maximum Gasteiger partial charge on any atom is 0.262 e. The van der Waals surface area contributed by atoms with Crippen LogP contribution in [0.15, 0.2) is 47.5 Å². The van der Waals surface area contributed by atoms with E-state index in [1.807, 2.05) is 35.8 Å². The summed E-state index contributed by atoms with van der Waals surface area (Å²) in [6.07, 6.45) is 1.02. The van der Waals surface area contributed by atoms with E-state index in [9.17, 15) is 24.3 Å². The molecule has 7 rings (SSSR count). The molecule has 264 valence electrons. The number of aliphatic imine (C=N–C) groups is 1. The monoisotopic (exact) mass is 728 g/mol. The molecule has 2 aromatic heterocycles. The molecule has 15 heteroatoms. The largest absolute Gasteiger partial charge is 0.385 e. The van der Waals surface area contributed by atoms with Crippen molar-refractivity contribution < 1.29 is 24.3 Å². The molecular formula is C36H37ClN8O5S. The molecule has 3 atom stereocenters. The topological polar surface area (TPSA) is 171 Å². The summed E-state index contributed by atoms with van der Waals surface area (Å²) in [5, 5.41) is 28.8. The van der Waals surface area contributed by atoms with E-state index in [4.69, 9.17) is 16.6 Å². The van der Waals surface area contributed by atoms with Crippen molar-refractivity contribution in [3.63, 3.8) is 0 Å². The van der Waals surface area contributed by atoms with Crippen LogP contribution in [0.25, 0.3) is 5.00 Å². The Balaban J connectivity index is 0.958. The van der Waals surface area contributed by atoms with Crippen molar-refractivity contribution in [1.29, 1.82) is 0 Å². The Morgan fingerprint density at radius 2 is 1.75 bits per heavy atom. The van der Waals surface area contributed by atoms with Crippen LogP contribution >= 0.6 is 22.9 Å². The molecule has 51 heavy (non-hydrogen) atoms. The second-order valence-corrected chi connectivity index (χ2v) is 14.6. The molecule has 4 amide bonds. The normalized spacial score (nSPS) is 19.5. The van der Waals surface area contributed by atoms with Crippen LogP contribution in [0, 0.1) is 20.8 Å². The summed E-state index contributed by atoms with van der Waals surface area (Å²) < 4.78 is 2.02. The first-order valence-electron chi connectivity index (χ1n) is 16.9. The van der Waals surface area contributed by atoms with Gasteiger partial charge in [0.2, 0.25) is 11.8 Å². The van der Waals surface area contributed by atoms with Gasteiger partial charge in [0.15, 0.2) is 5.82 Å². The Hall–Kier alpha value is -4.92. The number of imide groups is 1. The van der Waals surface area contributed by atoms with Crippen LogP contribution in [0.4, 0.5) is 5.69 Å². The van der Waals surface area contributed by atoms with Gasteiger partial charge in [0, 0.05) is 39.8 Å². The first-order chi connectivity index (χ1) is 24.5. The molecule has 0 radical (unpaired) electrons. The second kappa shape index (κ2) is 14.0. The number of aryl methyl sites for hydroxylation is 2. The lowest BCUT2D eigenvalue weighted by Crippen LogP contribution is -2.55. The molecule has 2 aromatic carbocycles. The zero-order valence-electron chi connectivity index (χ0n) is 28.3. The highest BCUT2D eigenvalue weighted by atomic mass is 35.5. The predicted octanol–water partition coefficient (Wildman–Crippen LogP) is 4.39.